The number of nitrogens with zero attached hydrogens (tertiary/aromatic N) is 1. The van der Waals surface area contributed by atoms with Crippen molar-refractivity contribution in [2.45, 2.75) is 38.5 Å². The van der Waals surface area contributed by atoms with Gasteiger partial charge in [-0.15, -0.1) is 0 Å². The molecule has 0 unspecified atom stereocenters. The summed E-state index contributed by atoms with van der Waals surface area (Å²) in [5.41, 5.74) is 2.04. The number of imide groups is 1. The molecule has 1 fully saturated rings. The molecule has 24 heavy (non-hydrogen) atoms. The first-order chi connectivity index (χ1) is 11.5. The van der Waals surface area contributed by atoms with Crippen molar-refractivity contribution in [2.75, 3.05) is 6.54 Å². The molecule has 8 heteroatoms. The molecule has 1 saturated carbocycles. The minimum Gasteiger partial charge on any atom is -0.340 e. The fourth-order valence-corrected chi connectivity index (χ4v) is 2.88. The standard InChI is InChI=1S/C16H20N2O6/c19-9-1-2-13(20)17-24-16(23)12-5-3-11(4-6-12)10-18-14(21)7-8-15(18)22/h7-9,11-12H,1-6,10H2,(H,17,20). The van der Waals surface area contributed by atoms with Gasteiger partial charge in [0.1, 0.15) is 6.29 Å². The van der Waals surface area contributed by atoms with Gasteiger partial charge in [-0.05, 0) is 31.6 Å². The van der Waals surface area contributed by atoms with Crippen LogP contribution in [0.25, 0.3) is 0 Å². The summed E-state index contributed by atoms with van der Waals surface area (Å²) in [6.45, 7) is 0.370. The van der Waals surface area contributed by atoms with Crippen LogP contribution in [0.5, 0.6) is 0 Å². The summed E-state index contributed by atoms with van der Waals surface area (Å²) in [7, 11) is 0. The number of rotatable bonds is 6. The maximum Gasteiger partial charge on any atom is 0.335 e. The first kappa shape index (κ1) is 17.8. The van der Waals surface area contributed by atoms with Gasteiger partial charge in [-0.3, -0.25) is 19.3 Å². The number of hydrogen-bond acceptors (Lipinski definition) is 6. The van der Waals surface area contributed by atoms with E-state index < -0.39 is 11.9 Å². The maximum atomic E-state index is 11.9. The van der Waals surface area contributed by atoms with E-state index in [2.05, 4.69) is 0 Å². The Morgan fingerprint density at radius 1 is 1.17 bits per heavy atom. The van der Waals surface area contributed by atoms with E-state index >= 15 is 0 Å². The molecular weight excluding hydrogens is 316 g/mol. The van der Waals surface area contributed by atoms with E-state index in [0.717, 1.165) is 0 Å². The van der Waals surface area contributed by atoms with Crippen LogP contribution in [-0.2, 0) is 28.8 Å². The molecule has 0 atom stereocenters. The van der Waals surface area contributed by atoms with E-state index in [1.54, 1.807) is 0 Å². The van der Waals surface area contributed by atoms with Crippen molar-refractivity contribution in [1.29, 1.82) is 0 Å². The Morgan fingerprint density at radius 2 is 1.79 bits per heavy atom. The fraction of sp³-hybridized carbons (Fsp3) is 0.562. The lowest BCUT2D eigenvalue weighted by Crippen LogP contribution is -2.37. The van der Waals surface area contributed by atoms with Crippen LogP contribution in [0, 0.1) is 11.8 Å². The average molecular weight is 336 g/mol. The Labute approximate surface area is 139 Å². The van der Waals surface area contributed by atoms with Gasteiger partial charge >= 0.3 is 5.97 Å². The summed E-state index contributed by atoms with van der Waals surface area (Å²) in [6.07, 6.45) is 5.78. The monoisotopic (exact) mass is 336 g/mol. The maximum absolute atomic E-state index is 11.9. The number of hydrogen-bond donors (Lipinski definition) is 1. The minimum absolute atomic E-state index is 0.0184. The zero-order valence-electron chi connectivity index (χ0n) is 13.2. The van der Waals surface area contributed by atoms with E-state index in [1.807, 2.05) is 5.48 Å². The molecule has 1 N–H and O–H groups in total. The molecular formula is C16H20N2O6. The number of carbonyl (C=O) groups is 5. The third-order valence-corrected chi connectivity index (χ3v) is 4.28. The highest BCUT2D eigenvalue weighted by molar-refractivity contribution is 6.12. The summed E-state index contributed by atoms with van der Waals surface area (Å²) in [6, 6.07) is 0. The fourth-order valence-electron chi connectivity index (χ4n) is 2.88. The first-order valence-corrected chi connectivity index (χ1v) is 7.98. The quantitative estimate of drug-likeness (QED) is 0.423. The molecule has 0 aromatic heterocycles. The van der Waals surface area contributed by atoms with Crippen molar-refractivity contribution < 1.29 is 28.8 Å². The second-order valence-corrected chi connectivity index (χ2v) is 5.99. The normalized spacial score (nSPS) is 23.2. The van der Waals surface area contributed by atoms with E-state index in [-0.39, 0.29) is 36.5 Å². The highest BCUT2D eigenvalue weighted by atomic mass is 16.7. The van der Waals surface area contributed by atoms with Crippen LogP contribution < -0.4 is 5.48 Å². The molecule has 1 aliphatic carbocycles. The van der Waals surface area contributed by atoms with Crippen LogP contribution in [0.1, 0.15) is 38.5 Å². The highest BCUT2D eigenvalue weighted by Crippen LogP contribution is 2.30. The molecule has 3 amide bonds. The van der Waals surface area contributed by atoms with Gasteiger partial charge in [0.05, 0.1) is 5.92 Å². The van der Waals surface area contributed by atoms with Gasteiger partial charge < -0.3 is 9.63 Å². The largest absolute Gasteiger partial charge is 0.340 e. The summed E-state index contributed by atoms with van der Waals surface area (Å²) in [5, 5.41) is 0. The molecule has 0 radical (unpaired) electrons. The second-order valence-electron chi connectivity index (χ2n) is 5.99. The molecule has 1 heterocycles. The Bertz CT molecular complexity index is 545. The molecule has 0 bridgehead atoms. The van der Waals surface area contributed by atoms with E-state index in [9.17, 15) is 24.0 Å². The number of amides is 3. The van der Waals surface area contributed by atoms with Crippen molar-refractivity contribution in [3.05, 3.63) is 12.2 Å². The average Bonchev–Trinajstić information content (AvgIpc) is 2.90. The minimum atomic E-state index is -0.511. The number of aldehydes is 1. The summed E-state index contributed by atoms with van der Waals surface area (Å²) in [4.78, 5) is 62.4. The molecule has 130 valence electrons. The van der Waals surface area contributed by atoms with Gasteiger partial charge in [0.2, 0.25) is 0 Å². The smallest absolute Gasteiger partial charge is 0.335 e. The zero-order chi connectivity index (χ0) is 17.5. The molecule has 2 aliphatic rings. The Kier molecular flexibility index (Phi) is 6.22. The van der Waals surface area contributed by atoms with E-state index in [4.69, 9.17) is 4.84 Å². The van der Waals surface area contributed by atoms with Crippen LogP contribution >= 0.6 is 0 Å². The van der Waals surface area contributed by atoms with E-state index in [0.29, 0.717) is 38.5 Å². The Hall–Kier alpha value is -2.51. The van der Waals surface area contributed by atoms with Crippen LogP contribution in [0.3, 0.4) is 0 Å². The summed E-state index contributed by atoms with van der Waals surface area (Å²) < 4.78 is 0. The third-order valence-electron chi connectivity index (χ3n) is 4.28. The van der Waals surface area contributed by atoms with Crippen molar-refractivity contribution in [3.63, 3.8) is 0 Å². The molecule has 0 aromatic rings. The predicted molar refractivity (Wildman–Crippen MR) is 80.8 cm³/mol. The Balaban J connectivity index is 1.69. The van der Waals surface area contributed by atoms with Crippen LogP contribution in [-0.4, -0.2) is 41.4 Å². The van der Waals surface area contributed by atoms with Crippen molar-refractivity contribution in [2.24, 2.45) is 11.8 Å². The lowest BCUT2D eigenvalue weighted by atomic mass is 9.82. The molecule has 8 nitrogen and oxygen atoms in total. The van der Waals surface area contributed by atoms with Gasteiger partial charge in [-0.25, -0.2) is 4.79 Å². The van der Waals surface area contributed by atoms with Gasteiger partial charge in [0, 0.05) is 31.5 Å². The SMILES string of the molecule is O=CCCC(=O)NOC(=O)C1CCC(CN2C(=O)C=CC2=O)CC1. The molecule has 0 saturated heterocycles. The summed E-state index contributed by atoms with van der Waals surface area (Å²) >= 11 is 0. The zero-order valence-corrected chi connectivity index (χ0v) is 13.2. The topological polar surface area (TPSA) is 110 Å². The molecule has 0 spiro atoms. The number of carbonyl (C=O) groups excluding carboxylic acids is 5. The Morgan fingerprint density at radius 3 is 2.38 bits per heavy atom. The van der Waals surface area contributed by atoms with Gasteiger partial charge in [0.15, 0.2) is 0 Å². The summed E-state index contributed by atoms with van der Waals surface area (Å²) in [5.74, 6) is -1.73. The molecule has 2 rings (SSSR count). The van der Waals surface area contributed by atoms with Crippen LogP contribution in [0.15, 0.2) is 12.2 Å². The lowest BCUT2D eigenvalue weighted by molar-refractivity contribution is -0.163. The van der Waals surface area contributed by atoms with Gasteiger partial charge in [0.25, 0.3) is 17.7 Å². The van der Waals surface area contributed by atoms with Crippen molar-refractivity contribution >= 4 is 30.0 Å². The van der Waals surface area contributed by atoms with Crippen LogP contribution in [0.4, 0.5) is 0 Å². The van der Waals surface area contributed by atoms with Crippen molar-refractivity contribution in [3.8, 4) is 0 Å². The molecule has 0 aromatic carbocycles. The van der Waals surface area contributed by atoms with Gasteiger partial charge in [-0.2, -0.15) is 5.48 Å². The number of hydroxylamine groups is 1. The third kappa shape index (κ3) is 4.74. The van der Waals surface area contributed by atoms with Crippen LogP contribution in [0.2, 0.25) is 0 Å². The van der Waals surface area contributed by atoms with Gasteiger partial charge in [-0.1, -0.05) is 0 Å². The highest BCUT2D eigenvalue weighted by Gasteiger charge is 2.32. The molecule has 1 aliphatic heterocycles. The van der Waals surface area contributed by atoms with E-state index in [1.165, 1.54) is 17.1 Å². The lowest BCUT2D eigenvalue weighted by Gasteiger charge is -2.29. The second kappa shape index (κ2) is 8.37. The van der Waals surface area contributed by atoms with Crippen molar-refractivity contribution in [1.82, 2.24) is 10.4 Å². The first-order valence-electron chi connectivity index (χ1n) is 7.98. The number of nitrogens with one attached hydrogen (secondary N) is 1. The predicted octanol–water partition coefficient (Wildman–Crippen LogP) is 0.271.